The first-order chi connectivity index (χ1) is 13.7. The molecule has 28 heavy (non-hydrogen) atoms. The van der Waals surface area contributed by atoms with E-state index in [2.05, 4.69) is 97.3 Å². The van der Waals surface area contributed by atoms with Crippen molar-refractivity contribution < 1.29 is 0 Å². The van der Waals surface area contributed by atoms with Crippen LogP contribution in [0.4, 0.5) is 0 Å². The van der Waals surface area contributed by atoms with Gasteiger partial charge in [-0.25, -0.2) is 0 Å². The minimum Gasteiger partial charge on any atom is -0.309 e. The summed E-state index contributed by atoms with van der Waals surface area (Å²) in [6.07, 6.45) is 0. The second-order valence-corrected chi connectivity index (χ2v) is 8.74. The summed E-state index contributed by atoms with van der Waals surface area (Å²) in [5.74, 6) is 0. The Kier molecular flexibility index (Phi) is 3.24. The van der Waals surface area contributed by atoms with Crippen LogP contribution in [0.5, 0.6) is 0 Å². The second-order valence-electron chi connectivity index (χ2n) is 7.66. The summed E-state index contributed by atoms with van der Waals surface area (Å²) < 4.78 is 5.12. The predicted molar refractivity (Wildman–Crippen MR) is 123 cm³/mol. The molecule has 0 N–H and O–H groups in total. The molecule has 0 radical (unpaired) electrons. The molecule has 0 spiro atoms. The molecule has 2 aromatic heterocycles. The number of rotatable bonds is 1. The number of aromatic nitrogens is 1. The normalized spacial score (nSPS) is 11.9. The van der Waals surface area contributed by atoms with Gasteiger partial charge in [-0.2, -0.15) is 0 Å². The largest absolute Gasteiger partial charge is 0.309 e. The predicted octanol–water partition coefficient (Wildman–Crippen LogP) is 7.77. The van der Waals surface area contributed by atoms with Crippen LogP contribution in [0, 0.1) is 13.8 Å². The van der Waals surface area contributed by atoms with Gasteiger partial charge < -0.3 is 4.57 Å². The van der Waals surface area contributed by atoms with E-state index in [0.717, 1.165) is 0 Å². The number of nitrogens with zero attached hydrogens (tertiary/aromatic N) is 1. The van der Waals surface area contributed by atoms with Gasteiger partial charge >= 0.3 is 0 Å². The monoisotopic (exact) mass is 377 g/mol. The molecule has 0 saturated heterocycles. The van der Waals surface area contributed by atoms with Crippen molar-refractivity contribution in [3.63, 3.8) is 0 Å². The van der Waals surface area contributed by atoms with Crippen molar-refractivity contribution in [1.82, 2.24) is 4.57 Å². The maximum absolute atomic E-state index is 2.40. The zero-order valence-corrected chi connectivity index (χ0v) is 16.7. The van der Waals surface area contributed by atoms with Crippen LogP contribution in [-0.2, 0) is 0 Å². The highest BCUT2D eigenvalue weighted by molar-refractivity contribution is 7.25. The van der Waals surface area contributed by atoms with E-state index in [1.54, 1.807) is 0 Å². The average molecular weight is 378 g/mol. The molecule has 0 bridgehead atoms. The van der Waals surface area contributed by atoms with Crippen LogP contribution in [0.25, 0.3) is 47.7 Å². The molecule has 0 aliphatic carbocycles. The fourth-order valence-corrected chi connectivity index (χ4v) is 5.54. The van der Waals surface area contributed by atoms with Crippen molar-refractivity contribution in [3.8, 4) is 5.69 Å². The van der Waals surface area contributed by atoms with Crippen LogP contribution in [0.3, 0.4) is 0 Å². The standard InChI is InChI=1S/C26H19NS/c1-16-7-10-18(11-8-16)27-23-6-4-3-5-19(23)21-14-22-20-12-9-17(2)13-25(20)28-26(22)15-24(21)27/h3-15H,1-2H3. The van der Waals surface area contributed by atoms with Crippen molar-refractivity contribution >= 4 is 53.3 Å². The molecular formula is C26H19NS. The van der Waals surface area contributed by atoms with Crippen molar-refractivity contribution in [3.05, 3.63) is 90.0 Å². The first kappa shape index (κ1) is 15.9. The Hall–Kier alpha value is -3.10. The Morgan fingerprint density at radius 2 is 1.32 bits per heavy atom. The van der Waals surface area contributed by atoms with Crippen LogP contribution >= 0.6 is 11.3 Å². The van der Waals surface area contributed by atoms with Gasteiger partial charge in [0.15, 0.2) is 0 Å². The molecule has 2 heteroatoms. The van der Waals surface area contributed by atoms with Crippen molar-refractivity contribution in [1.29, 1.82) is 0 Å². The fraction of sp³-hybridized carbons (Fsp3) is 0.0769. The third-order valence-electron chi connectivity index (χ3n) is 5.71. The summed E-state index contributed by atoms with van der Waals surface area (Å²) in [5, 5.41) is 5.36. The average Bonchev–Trinajstić information content (AvgIpc) is 3.21. The summed E-state index contributed by atoms with van der Waals surface area (Å²) in [5.41, 5.74) is 6.36. The molecular weight excluding hydrogens is 358 g/mol. The molecule has 134 valence electrons. The minimum atomic E-state index is 1.22. The van der Waals surface area contributed by atoms with Gasteiger partial charge in [0.25, 0.3) is 0 Å². The summed E-state index contributed by atoms with van der Waals surface area (Å²) in [6, 6.07) is 29.1. The zero-order valence-electron chi connectivity index (χ0n) is 15.9. The molecule has 6 aromatic rings. The maximum Gasteiger partial charge on any atom is 0.0555 e. The van der Waals surface area contributed by atoms with Gasteiger partial charge in [-0.15, -0.1) is 11.3 Å². The lowest BCUT2D eigenvalue weighted by molar-refractivity contribution is 1.18. The van der Waals surface area contributed by atoms with E-state index in [1.165, 1.54) is 58.8 Å². The van der Waals surface area contributed by atoms with E-state index in [1.807, 2.05) is 11.3 Å². The third-order valence-corrected chi connectivity index (χ3v) is 6.83. The van der Waals surface area contributed by atoms with Gasteiger partial charge in [0.2, 0.25) is 0 Å². The number of hydrogen-bond acceptors (Lipinski definition) is 1. The summed E-state index contributed by atoms with van der Waals surface area (Å²) in [4.78, 5) is 0. The molecule has 0 amide bonds. The Labute approximate surface area is 167 Å². The number of aryl methyl sites for hydroxylation is 2. The van der Waals surface area contributed by atoms with Crippen LogP contribution < -0.4 is 0 Å². The van der Waals surface area contributed by atoms with Crippen molar-refractivity contribution in [2.24, 2.45) is 0 Å². The second kappa shape index (κ2) is 5.70. The number of hydrogen-bond donors (Lipinski definition) is 0. The zero-order chi connectivity index (χ0) is 18.8. The van der Waals surface area contributed by atoms with Gasteiger partial charge in [0.1, 0.15) is 0 Å². The number of benzene rings is 4. The summed E-state index contributed by atoms with van der Waals surface area (Å²) >= 11 is 1.89. The van der Waals surface area contributed by atoms with Crippen LogP contribution in [0.15, 0.2) is 78.9 Å². The smallest absolute Gasteiger partial charge is 0.0555 e. The minimum absolute atomic E-state index is 1.22. The number of fused-ring (bicyclic) bond motifs is 6. The number of para-hydroxylation sites is 1. The van der Waals surface area contributed by atoms with E-state index in [0.29, 0.717) is 0 Å². The molecule has 0 unspecified atom stereocenters. The van der Waals surface area contributed by atoms with Gasteiger partial charge in [-0.3, -0.25) is 0 Å². The van der Waals surface area contributed by atoms with Crippen LogP contribution in [0.2, 0.25) is 0 Å². The molecule has 4 aromatic carbocycles. The molecule has 0 aliphatic rings. The highest BCUT2D eigenvalue weighted by Gasteiger charge is 2.15. The van der Waals surface area contributed by atoms with Crippen molar-refractivity contribution in [2.45, 2.75) is 13.8 Å². The Balaban J connectivity index is 1.79. The summed E-state index contributed by atoms with van der Waals surface area (Å²) in [7, 11) is 0. The first-order valence-corrected chi connectivity index (χ1v) is 10.4. The SMILES string of the molecule is Cc1ccc(-n2c3ccccc3c3cc4c(cc32)sc2cc(C)ccc24)cc1. The lowest BCUT2D eigenvalue weighted by Gasteiger charge is -2.08. The molecule has 0 fully saturated rings. The quantitative estimate of drug-likeness (QED) is 0.276. The maximum atomic E-state index is 2.40. The highest BCUT2D eigenvalue weighted by Crippen LogP contribution is 2.40. The van der Waals surface area contributed by atoms with Crippen LogP contribution in [0.1, 0.15) is 11.1 Å². The van der Waals surface area contributed by atoms with Gasteiger partial charge in [-0.05, 0) is 55.8 Å². The molecule has 0 saturated carbocycles. The molecule has 1 nitrogen and oxygen atoms in total. The van der Waals surface area contributed by atoms with E-state index in [9.17, 15) is 0 Å². The van der Waals surface area contributed by atoms with Gasteiger partial charge in [0, 0.05) is 36.6 Å². The van der Waals surface area contributed by atoms with E-state index in [-0.39, 0.29) is 0 Å². The Morgan fingerprint density at radius 3 is 2.18 bits per heavy atom. The number of thiophene rings is 1. The van der Waals surface area contributed by atoms with E-state index >= 15 is 0 Å². The van der Waals surface area contributed by atoms with E-state index in [4.69, 9.17) is 0 Å². The molecule has 6 rings (SSSR count). The highest BCUT2D eigenvalue weighted by atomic mass is 32.1. The van der Waals surface area contributed by atoms with Gasteiger partial charge in [0.05, 0.1) is 11.0 Å². The summed E-state index contributed by atoms with van der Waals surface area (Å²) in [6.45, 7) is 4.30. The van der Waals surface area contributed by atoms with E-state index < -0.39 is 0 Å². The lowest BCUT2D eigenvalue weighted by Crippen LogP contribution is -1.93. The molecule has 2 heterocycles. The van der Waals surface area contributed by atoms with Crippen molar-refractivity contribution in [2.75, 3.05) is 0 Å². The molecule has 0 aliphatic heterocycles. The van der Waals surface area contributed by atoms with Gasteiger partial charge in [-0.1, -0.05) is 48.0 Å². The topological polar surface area (TPSA) is 4.93 Å². The fourth-order valence-electron chi connectivity index (χ4n) is 4.32. The Morgan fingerprint density at radius 1 is 0.571 bits per heavy atom. The first-order valence-electron chi connectivity index (χ1n) is 9.62. The molecule has 0 atom stereocenters. The lowest BCUT2D eigenvalue weighted by atomic mass is 10.1. The Bertz CT molecular complexity index is 1510. The van der Waals surface area contributed by atoms with Crippen LogP contribution in [-0.4, -0.2) is 4.57 Å². The third kappa shape index (κ3) is 2.18.